The Morgan fingerprint density at radius 3 is 1.12 bits per heavy atom. The maximum absolute atomic E-state index is 9.82. The molecule has 5 nitrogen and oxygen atoms in total. The van der Waals surface area contributed by atoms with Crippen molar-refractivity contribution in [1.29, 1.82) is 0 Å². The SMILES string of the molecule is CCO.CCO.CCO.CCOC(C)=O.[Zr]. The van der Waals surface area contributed by atoms with E-state index >= 15 is 0 Å². The smallest absolute Gasteiger partial charge is 0.302 e. The first-order valence-corrected chi connectivity index (χ1v) is 4.97. The molecular weight excluding hydrogens is 291 g/mol. The van der Waals surface area contributed by atoms with Crippen LogP contribution in [0.5, 0.6) is 0 Å². The van der Waals surface area contributed by atoms with Gasteiger partial charge in [-0.25, -0.2) is 0 Å². The summed E-state index contributed by atoms with van der Waals surface area (Å²) in [6, 6.07) is 0. The van der Waals surface area contributed by atoms with E-state index in [1.807, 2.05) is 0 Å². The molecule has 0 aliphatic rings. The number of hydrogen-bond donors (Lipinski definition) is 3. The van der Waals surface area contributed by atoms with E-state index < -0.39 is 0 Å². The predicted molar refractivity (Wildman–Crippen MR) is 60.6 cm³/mol. The molecule has 100 valence electrons. The molecule has 0 heterocycles. The van der Waals surface area contributed by atoms with Crippen LogP contribution in [0.3, 0.4) is 0 Å². The molecule has 0 aromatic carbocycles. The van der Waals surface area contributed by atoms with Gasteiger partial charge in [0.05, 0.1) is 6.61 Å². The largest absolute Gasteiger partial charge is 0.466 e. The molecule has 0 spiro atoms. The van der Waals surface area contributed by atoms with E-state index in [-0.39, 0.29) is 52.0 Å². The summed E-state index contributed by atoms with van der Waals surface area (Å²) >= 11 is 0. The standard InChI is InChI=1S/C4H8O2.3C2H6O.Zr/c1-3-6-4(2)5;3*1-2-3;/h3H2,1-2H3;3*3H,2H2,1H3;. The molecule has 0 aliphatic carbocycles. The number of aliphatic hydroxyl groups is 3. The van der Waals surface area contributed by atoms with E-state index in [9.17, 15) is 4.79 Å². The Bertz CT molecular complexity index is 86.5. The maximum atomic E-state index is 9.82. The van der Waals surface area contributed by atoms with Crippen molar-refractivity contribution >= 4 is 5.97 Å². The Balaban J connectivity index is -0.0000000353. The Labute approximate surface area is 118 Å². The molecule has 0 aliphatic heterocycles. The summed E-state index contributed by atoms with van der Waals surface area (Å²) in [5.41, 5.74) is 0. The third-order valence-electron chi connectivity index (χ3n) is 0.348. The minimum atomic E-state index is -0.211. The van der Waals surface area contributed by atoms with Crippen LogP contribution in [0, 0.1) is 0 Å². The van der Waals surface area contributed by atoms with Gasteiger partial charge < -0.3 is 20.1 Å². The van der Waals surface area contributed by atoms with Crippen LogP contribution in [0.25, 0.3) is 0 Å². The van der Waals surface area contributed by atoms with Crippen molar-refractivity contribution in [2.75, 3.05) is 26.4 Å². The van der Waals surface area contributed by atoms with Crippen molar-refractivity contribution in [3.63, 3.8) is 0 Å². The summed E-state index contributed by atoms with van der Waals surface area (Å²) in [5.74, 6) is -0.211. The first-order valence-electron chi connectivity index (χ1n) is 4.97. The zero-order valence-corrected chi connectivity index (χ0v) is 13.4. The van der Waals surface area contributed by atoms with Crippen LogP contribution in [0.15, 0.2) is 0 Å². The Hall–Kier alpha value is 0.233. The van der Waals surface area contributed by atoms with E-state index in [2.05, 4.69) is 4.74 Å². The molecule has 0 aromatic heterocycles. The van der Waals surface area contributed by atoms with E-state index in [1.165, 1.54) is 6.92 Å². The molecule has 16 heavy (non-hydrogen) atoms. The molecule has 0 bridgehead atoms. The van der Waals surface area contributed by atoms with Crippen LogP contribution in [0.2, 0.25) is 0 Å². The fraction of sp³-hybridized carbons (Fsp3) is 0.900. The molecule has 0 fully saturated rings. The summed E-state index contributed by atoms with van der Waals surface area (Å²) in [7, 11) is 0. The van der Waals surface area contributed by atoms with Crippen LogP contribution in [-0.2, 0) is 35.7 Å². The summed E-state index contributed by atoms with van der Waals surface area (Å²) in [6.45, 7) is 9.44. The summed E-state index contributed by atoms with van der Waals surface area (Å²) in [5, 5.41) is 22.7. The topological polar surface area (TPSA) is 87.0 Å². The molecule has 0 saturated heterocycles. The third-order valence-corrected chi connectivity index (χ3v) is 0.348. The predicted octanol–water partition coefficient (Wildman–Crippen LogP) is 0.563. The molecule has 0 atom stereocenters. The van der Waals surface area contributed by atoms with Gasteiger partial charge in [-0.2, -0.15) is 0 Å². The van der Waals surface area contributed by atoms with Gasteiger partial charge >= 0.3 is 5.97 Å². The van der Waals surface area contributed by atoms with Gasteiger partial charge in [0.25, 0.3) is 0 Å². The average molecular weight is 318 g/mol. The van der Waals surface area contributed by atoms with Crippen LogP contribution in [0.1, 0.15) is 34.6 Å². The maximum Gasteiger partial charge on any atom is 0.302 e. The minimum Gasteiger partial charge on any atom is -0.466 e. The van der Waals surface area contributed by atoms with E-state index in [1.54, 1.807) is 27.7 Å². The molecule has 0 aromatic rings. The first-order chi connectivity index (χ1) is 7.01. The molecule has 3 N–H and O–H groups in total. The zero-order chi connectivity index (χ0) is 13.1. The van der Waals surface area contributed by atoms with E-state index in [0.29, 0.717) is 6.61 Å². The second-order valence-electron chi connectivity index (χ2n) is 1.87. The normalized spacial score (nSPS) is 6.25. The zero-order valence-electron chi connectivity index (χ0n) is 11.0. The number of rotatable bonds is 1. The molecule has 0 amide bonds. The number of ether oxygens (including phenoxy) is 1. The van der Waals surface area contributed by atoms with Crippen LogP contribution >= 0.6 is 0 Å². The molecular formula is C10H26O5Zr. The van der Waals surface area contributed by atoms with Gasteiger partial charge in [0, 0.05) is 52.9 Å². The fourth-order valence-electron chi connectivity index (χ4n) is 0.203. The van der Waals surface area contributed by atoms with Crippen molar-refractivity contribution in [3.8, 4) is 0 Å². The first kappa shape index (κ1) is 29.9. The number of hydrogen-bond acceptors (Lipinski definition) is 5. The molecule has 0 unspecified atom stereocenters. The van der Waals surface area contributed by atoms with Gasteiger partial charge in [0.2, 0.25) is 0 Å². The number of aliphatic hydroxyl groups excluding tert-OH is 3. The molecule has 0 saturated carbocycles. The Morgan fingerprint density at radius 2 is 1.12 bits per heavy atom. The van der Waals surface area contributed by atoms with Crippen molar-refractivity contribution in [2.24, 2.45) is 0 Å². The molecule has 0 radical (unpaired) electrons. The second kappa shape index (κ2) is 45.5. The molecule has 6 heteroatoms. The number of esters is 1. The molecule has 0 rings (SSSR count). The van der Waals surface area contributed by atoms with Crippen molar-refractivity contribution < 1.29 is 51.1 Å². The minimum absolute atomic E-state index is 0. The summed E-state index contributed by atoms with van der Waals surface area (Å²) in [4.78, 5) is 9.82. The van der Waals surface area contributed by atoms with Gasteiger partial charge in [-0.05, 0) is 27.7 Å². The average Bonchev–Trinajstić information content (AvgIpc) is 2.07. The van der Waals surface area contributed by atoms with E-state index in [4.69, 9.17) is 15.3 Å². The van der Waals surface area contributed by atoms with Crippen molar-refractivity contribution in [3.05, 3.63) is 0 Å². The van der Waals surface area contributed by atoms with Crippen LogP contribution in [0.4, 0.5) is 0 Å². The number of carbonyl (C=O) groups excluding carboxylic acids is 1. The second-order valence-corrected chi connectivity index (χ2v) is 1.87. The third kappa shape index (κ3) is 238. The Kier molecular flexibility index (Phi) is 84.9. The monoisotopic (exact) mass is 316 g/mol. The van der Waals surface area contributed by atoms with Gasteiger partial charge in [-0.15, -0.1) is 0 Å². The fourth-order valence-corrected chi connectivity index (χ4v) is 0.203. The van der Waals surface area contributed by atoms with Crippen LogP contribution in [-0.4, -0.2) is 47.7 Å². The Morgan fingerprint density at radius 1 is 0.938 bits per heavy atom. The van der Waals surface area contributed by atoms with Gasteiger partial charge in [0.15, 0.2) is 0 Å². The van der Waals surface area contributed by atoms with Gasteiger partial charge in [-0.1, -0.05) is 0 Å². The van der Waals surface area contributed by atoms with Crippen molar-refractivity contribution in [2.45, 2.75) is 34.6 Å². The van der Waals surface area contributed by atoms with Gasteiger partial charge in [0.1, 0.15) is 0 Å². The van der Waals surface area contributed by atoms with E-state index in [0.717, 1.165) is 0 Å². The quantitative estimate of drug-likeness (QED) is 0.615. The summed E-state index contributed by atoms with van der Waals surface area (Å²) in [6.07, 6.45) is 0. The van der Waals surface area contributed by atoms with Crippen LogP contribution < -0.4 is 0 Å². The van der Waals surface area contributed by atoms with Crippen molar-refractivity contribution in [1.82, 2.24) is 0 Å². The van der Waals surface area contributed by atoms with Gasteiger partial charge in [-0.3, -0.25) is 4.79 Å². The number of carbonyl (C=O) groups is 1. The summed E-state index contributed by atoms with van der Waals surface area (Å²) < 4.78 is 4.40.